The van der Waals surface area contributed by atoms with E-state index in [1.54, 1.807) is 41.3 Å². The third kappa shape index (κ3) is 4.46. The van der Waals surface area contributed by atoms with E-state index in [0.29, 0.717) is 17.1 Å². The molecule has 2 aliphatic rings. The first-order valence-electron chi connectivity index (χ1n) is 11.0. The Hall–Kier alpha value is -2.58. The highest BCUT2D eigenvalue weighted by atomic mass is 35.5. The summed E-state index contributed by atoms with van der Waals surface area (Å²) in [6.45, 7) is 0. The molecule has 0 N–H and O–H groups in total. The van der Waals surface area contributed by atoms with Crippen LogP contribution in [0.15, 0.2) is 53.4 Å². The molecule has 3 atom stereocenters. The molecule has 1 aliphatic heterocycles. The van der Waals surface area contributed by atoms with Crippen LogP contribution >= 0.6 is 11.6 Å². The van der Waals surface area contributed by atoms with E-state index in [9.17, 15) is 18.0 Å². The summed E-state index contributed by atoms with van der Waals surface area (Å²) < 4.78 is 32.7. The number of ether oxygens (including phenoxy) is 1. The van der Waals surface area contributed by atoms with Gasteiger partial charge in [-0.3, -0.25) is 9.10 Å². The van der Waals surface area contributed by atoms with E-state index in [0.717, 1.165) is 30.0 Å². The molecule has 4 rings (SSSR count). The summed E-state index contributed by atoms with van der Waals surface area (Å²) in [5.41, 5.74) is 0.644. The van der Waals surface area contributed by atoms with Gasteiger partial charge in [-0.15, -0.1) is 0 Å². The van der Waals surface area contributed by atoms with Gasteiger partial charge in [0.1, 0.15) is 6.04 Å². The predicted octanol–water partition coefficient (Wildman–Crippen LogP) is 4.11. The quantitative estimate of drug-likeness (QED) is 0.589. The molecule has 1 amide bonds. The molecule has 1 aliphatic carbocycles. The maximum Gasteiger partial charge on any atom is 0.328 e. The molecule has 0 unspecified atom stereocenters. The summed E-state index contributed by atoms with van der Waals surface area (Å²) in [4.78, 5) is 27.7. The number of benzene rings is 2. The molecule has 33 heavy (non-hydrogen) atoms. The summed E-state index contributed by atoms with van der Waals surface area (Å²) in [5, 5.41) is 0.420. The Morgan fingerprint density at radius 1 is 1.09 bits per heavy atom. The van der Waals surface area contributed by atoms with Gasteiger partial charge in [0.25, 0.3) is 15.9 Å². The lowest BCUT2D eigenvalue weighted by Gasteiger charge is -2.33. The number of fused-ring (bicyclic) bond motifs is 1. The van der Waals surface area contributed by atoms with Crippen LogP contribution in [0.3, 0.4) is 0 Å². The number of likely N-dealkylation sites (tertiary alicyclic amines) is 1. The third-order valence-electron chi connectivity index (χ3n) is 6.71. The Bertz CT molecular complexity index is 1170. The number of amides is 1. The predicted molar refractivity (Wildman–Crippen MR) is 126 cm³/mol. The number of esters is 1. The molecule has 0 bridgehead atoms. The normalized spacial score (nSPS) is 22.5. The maximum absolute atomic E-state index is 13.6. The van der Waals surface area contributed by atoms with Gasteiger partial charge in [0.15, 0.2) is 0 Å². The number of hydrogen-bond acceptors (Lipinski definition) is 5. The number of sulfonamides is 1. The third-order valence-corrected chi connectivity index (χ3v) is 8.72. The van der Waals surface area contributed by atoms with Crippen molar-refractivity contribution < 1.29 is 22.7 Å². The minimum atomic E-state index is -3.93. The van der Waals surface area contributed by atoms with Gasteiger partial charge in [-0.05, 0) is 61.6 Å². The van der Waals surface area contributed by atoms with Crippen molar-refractivity contribution in [3.63, 3.8) is 0 Å². The number of carbonyl (C=O) groups is 2. The standard InChI is InChI=1S/C24H27ClN2O5S/c1-26(19-10-6-9-18(25)15-19)33(30,31)20-11-5-8-17(13-20)23(28)27-21-12-4-3-7-16(21)14-22(27)24(29)32-2/h5-6,8-11,13,15-16,21-22H,3-4,7,12,14H2,1-2H3/t16-,21-,22+/m1/s1. The molecule has 2 aromatic rings. The average Bonchev–Trinajstić information content (AvgIpc) is 3.22. The van der Waals surface area contributed by atoms with Gasteiger partial charge < -0.3 is 9.64 Å². The number of carbonyl (C=O) groups excluding carboxylic acids is 2. The van der Waals surface area contributed by atoms with Crippen molar-refractivity contribution in [2.45, 2.75) is 49.1 Å². The molecule has 1 heterocycles. The Morgan fingerprint density at radius 2 is 1.82 bits per heavy atom. The lowest BCUT2D eigenvalue weighted by molar-refractivity contribution is -0.145. The Kier molecular flexibility index (Phi) is 6.68. The van der Waals surface area contributed by atoms with Crippen LogP contribution in [0, 0.1) is 5.92 Å². The van der Waals surface area contributed by atoms with Gasteiger partial charge in [0.05, 0.1) is 17.7 Å². The number of halogens is 1. The van der Waals surface area contributed by atoms with E-state index in [-0.39, 0.29) is 28.3 Å². The van der Waals surface area contributed by atoms with E-state index in [2.05, 4.69) is 0 Å². The van der Waals surface area contributed by atoms with Gasteiger partial charge in [-0.2, -0.15) is 0 Å². The molecular weight excluding hydrogens is 464 g/mol. The van der Waals surface area contributed by atoms with Gasteiger partial charge in [0.2, 0.25) is 0 Å². The van der Waals surface area contributed by atoms with Crippen LogP contribution in [0.4, 0.5) is 5.69 Å². The summed E-state index contributed by atoms with van der Waals surface area (Å²) in [6, 6.07) is 11.8. The van der Waals surface area contributed by atoms with Gasteiger partial charge in [-0.1, -0.05) is 36.6 Å². The Labute approximate surface area is 199 Å². The molecule has 176 valence electrons. The minimum absolute atomic E-state index is 0.00941. The highest BCUT2D eigenvalue weighted by molar-refractivity contribution is 7.92. The van der Waals surface area contributed by atoms with Crippen molar-refractivity contribution in [1.29, 1.82) is 0 Å². The zero-order chi connectivity index (χ0) is 23.8. The molecule has 0 spiro atoms. The zero-order valence-electron chi connectivity index (χ0n) is 18.6. The van der Waals surface area contributed by atoms with Crippen molar-refractivity contribution >= 4 is 39.2 Å². The summed E-state index contributed by atoms with van der Waals surface area (Å²) in [7, 11) is -1.17. The van der Waals surface area contributed by atoms with Gasteiger partial charge in [0, 0.05) is 23.7 Å². The van der Waals surface area contributed by atoms with Crippen LogP contribution in [0.25, 0.3) is 0 Å². The number of methoxy groups -OCH3 is 1. The SMILES string of the molecule is COC(=O)[C@@H]1C[C@H]2CCCC[C@H]2N1C(=O)c1cccc(S(=O)(=O)N(C)c2cccc(Cl)c2)c1. The van der Waals surface area contributed by atoms with Crippen molar-refractivity contribution in [1.82, 2.24) is 4.90 Å². The first-order valence-corrected chi connectivity index (χ1v) is 12.8. The topological polar surface area (TPSA) is 84.0 Å². The van der Waals surface area contributed by atoms with Crippen molar-refractivity contribution in [2.75, 3.05) is 18.5 Å². The number of nitrogens with zero attached hydrogens (tertiary/aromatic N) is 2. The van der Waals surface area contributed by atoms with Crippen molar-refractivity contribution in [3.05, 3.63) is 59.1 Å². The molecule has 1 saturated heterocycles. The molecule has 2 aromatic carbocycles. The smallest absolute Gasteiger partial charge is 0.328 e. The van der Waals surface area contributed by atoms with Crippen molar-refractivity contribution in [3.8, 4) is 0 Å². The molecule has 9 heteroatoms. The van der Waals surface area contributed by atoms with Gasteiger partial charge >= 0.3 is 5.97 Å². The second-order valence-electron chi connectivity index (χ2n) is 8.58. The largest absolute Gasteiger partial charge is 0.467 e. The number of anilines is 1. The fraction of sp³-hybridized carbons (Fsp3) is 0.417. The van der Waals surface area contributed by atoms with Crippen LogP contribution in [0.1, 0.15) is 42.5 Å². The van der Waals surface area contributed by atoms with E-state index in [1.807, 2.05) is 0 Å². The maximum atomic E-state index is 13.6. The van der Waals surface area contributed by atoms with Gasteiger partial charge in [-0.25, -0.2) is 13.2 Å². The average molecular weight is 491 g/mol. The second-order valence-corrected chi connectivity index (χ2v) is 11.0. The Morgan fingerprint density at radius 3 is 2.55 bits per heavy atom. The first kappa shape index (κ1) is 23.6. The van der Waals surface area contributed by atoms with E-state index in [1.165, 1.54) is 26.3 Å². The minimum Gasteiger partial charge on any atom is -0.467 e. The van der Waals surface area contributed by atoms with Crippen LogP contribution in [-0.4, -0.2) is 51.4 Å². The van der Waals surface area contributed by atoms with Crippen LogP contribution in [-0.2, 0) is 19.6 Å². The number of rotatable bonds is 5. The van der Waals surface area contributed by atoms with Crippen molar-refractivity contribution in [2.24, 2.45) is 5.92 Å². The Balaban J connectivity index is 1.66. The molecule has 1 saturated carbocycles. The van der Waals surface area contributed by atoms with Crippen LogP contribution < -0.4 is 4.31 Å². The molecule has 0 radical (unpaired) electrons. The summed E-state index contributed by atoms with van der Waals surface area (Å²) in [5.74, 6) is -0.517. The monoisotopic (exact) mass is 490 g/mol. The van der Waals surface area contributed by atoms with E-state index in [4.69, 9.17) is 16.3 Å². The van der Waals surface area contributed by atoms with Crippen LogP contribution in [0.2, 0.25) is 5.02 Å². The fourth-order valence-electron chi connectivity index (χ4n) is 5.01. The van der Waals surface area contributed by atoms with E-state index >= 15 is 0 Å². The molecule has 0 aromatic heterocycles. The lowest BCUT2D eigenvalue weighted by atomic mass is 9.84. The first-order chi connectivity index (χ1) is 15.7. The zero-order valence-corrected chi connectivity index (χ0v) is 20.2. The molecular formula is C24H27ClN2O5S. The lowest BCUT2D eigenvalue weighted by Crippen LogP contribution is -2.46. The van der Waals surface area contributed by atoms with E-state index < -0.39 is 22.0 Å². The summed E-state index contributed by atoms with van der Waals surface area (Å²) in [6.07, 6.45) is 4.47. The fourth-order valence-corrected chi connectivity index (χ4v) is 6.42. The second kappa shape index (κ2) is 9.35. The highest BCUT2D eigenvalue weighted by Gasteiger charge is 2.48. The molecule has 2 fully saturated rings. The molecule has 7 nitrogen and oxygen atoms in total. The summed E-state index contributed by atoms with van der Waals surface area (Å²) >= 11 is 6.02. The highest BCUT2D eigenvalue weighted by Crippen LogP contribution is 2.41. The van der Waals surface area contributed by atoms with Crippen LogP contribution in [0.5, 0.6) is 0 Å². The number of hydrogen-bond donors (Lipinski definition) is 0.